The lowest BCUT2D eigenvalue weighted by atomic mass is 9.96. The highest BCUT2D eigenvalue weighted by molar-refractivity contribution is 5.79. The molecule has 0 unspecified atom stereocenters. The van der Waals surface area contributed by atoms with Crippen LogP contribution >= 0.6 is 0 Å². The van der Waals surface area contributed by atoms with E-state index in [0.29, 0.717) is 0 Å². The highest BCUT2D eigenvalue weighted by atomic mass is 16.5. The second kappa shape index (κ2) is 6.21. The third kappa shape index (κ3) is 4.10. The molecule has 0 spiro atoms. The zero-order valence-electron chi connectivity index (χ0n) is 10.5. The van der Waals surface area contributed by atoms with Crippen molar-refractivity contribution in [2.75, 3.05) is 26.9 Å². The lowest BCUT2D eigenvalue weighted by Gasteiger charge is -2.26. The molecule has 1 fully saturated rings. The SMILES string of the molecule is COC(=O)C(C)(C)NCCC1CCOCC1. The Kier molecular flexibility index (Phi) is 5.22. The smallest absolute Gasteiger partial charge is 0.325 e. The lowest BCUT2D eigenvalue weighted by molar-refractivity contribution is -0.147. The summed E-state index contributed by atoms with van der Waals surface area (Å²) in [5.41, 5.74) is -0.583. The maximum atomic E-state index is 11.4. The van der Waals surface area contributed by atoms with Gasteiger partial charge in [0, 0.05) is 13.2 Å². The highest BCUT2D eigenvalue weighted by Crippen LogP contribution is 2.18. The third-order valence-corrected chi connectivity index (χ3v) is 3.16. The molecule has 0 aliphatic carbocycles. The summed E-state index contributed by atoms with van der Waals surface area (Å²) >= 11 is 0. The van der Waals surface area contributed by atoms with Gasteiger partial charge in [-0.15, -0.1) is 0 Å². The monoisotopic (exact) mass is 229 g/mol. The number of methoxy groups -OCH3 is 1. The average molecular weight is 229 g/mol. The van der Waals surface area contributed by atoms with Crippen LogP contribution in [0.3, 0.4) is 0 Å². The molecule has 0 bridgehead atoms. The topological polar surface area (TPSA) is 47.6 Å². The number of hydrogen-bond donors (Lipinski definition) is 1. The minimum atomic E-state index is -0.583. The van der Waals surface area contributed by atoms with Crippen molar-refractivity contribution >= 4 is 5.97 Å². The number of carbonyl (C=O) groups excluding carboxylic acids is 1. The van der Waals surface area contributed by atoms with Gasteiger partial charge >= 0.3 is 5.97 Å². The highest BCUT2D eigenvalue weighted by Gasteiger charge is 2.27. The normalized spacial score (nSPS) is 18.4. The van der Waals surface area contributed by atoms with Gasteiger partial charge in [-0.25, -0.2) is 0 Å². The number of ether oxygens (including phenoxy) is 2. The van der Waals surface area contributed by atoms with Crippen LogP contribution in [-0.4, -0.2) is 38.4 Å². The fourth-order valence-electron chi connectivity index (χ4n) is 1.95. The van der Waals surface area contributed by atoms with Crippen molar-refractivity contribution in [3.63, 3.8) is 0 Å². The second-order valence-electron chi connectivity index (χ2n) is 4.89. The summed E-state index contributed by atoms with van der Waals surface area (Å²) in [6, 6.07) is 0. The number of rotatable bonds is 5. The molecule has 0 aromatic heterocycles. The van der Waals surface area contributed by atoms with Gasteiger partial charge < -0.3 is 14.8 Å². The molecular formula is C12H23NO3. The molecule has 1 rings (SSSR count). The van der Waals surface area contributed by atoms with Crippen molar-refractivity contribution < 1.29 is 14.3 Å². The van der Waals surface area contributed by atoms with E-state index in [4.69, 9.17) is 9.47 Å². The Balaban J connectivity index is 2.20. The summed E-state index contributed by atoms with van der Waals surface area (Å²) in [7, 11) is 1.42. The number of nitrogens with one attached hydrogen (secondary N) is 1. The zero-order valence-corrected chi connectivity index (χ0v) is 10.5. The molecule has 1 aliphatic heterocycles. The largest absolute Gasteiger partial charge is 0.468 e. The van der Waals surface area contributed by atoms with E-state index in [-0.39, 0.29) is 5.97 Å². The molecule has 0 aromatic carbocycles. The molecule has 94 valence electrons. The van der Waals surface area contributed by atoms with Crippen molar-refractivity contribution in [1.29, 1.82) is 0 Å². The molecule has 1 aliphatic rings. The van der Waals surface area contributed by atoms with E-state index in [1.165, 1.54) is 7.11 Å². The summed E-state index contributed by atoms with van der Waals surface area (Å²) < 4.78 is 10.0. The first kappa shape index (κ1) is 13.5. The van der Waals surface area contributed by atoms with Crippen LogP contribution in [0.1, 0.15) is 33.1 Å². The molecule has 0 saturated carbocycles. The first-order chi connectivity index (χ1) is 7.56. The van der Waals surface area contributed by atoms with Gasteiger partial charge in [-0.05, 0) is 45.6 Å². The Labute approximate surface area is 97.7 Å². The summed E-state index contributed by atoms with van der Waals surface area (Å²) in [6.45, 7) is 6.31. The van der Waals surface area contributed by atoms with Gasteiger partial charge in [0.1, 0.15) is 5.54 Å². The third-order valence-electron chi connectivity index (χ3n) is 3.16. The maximum Gasteiger partial charge on any atom is 0.325 e. The van der Waals surface area contributed by atoms with Crippen LogP contribution in [0.4, 0.5) is 0 Å². The predicted molar refractivity (Wildman–Crippen MR) is 62.3 cm³/mol. The van der Waals surface area contributed by atoms with Gasteiger partial charge in [0.25, 0.3) is 0 Å². The van der Waals surface area contributed by atoms with Gasteiger partial charge in [0.15, 0.2) is 0 Å². The van der Waals surface area contributed by atoms with Crippen LogP contribution in [0.5, 0.6) is 0 Å². The molecular weight excluding hydrogens is 206 g/mol. The van der Waals surface area contributed by atoms with Gasteiger partial charge in [-0.3, -0.25) is 4.79 Å². The van der Waals surface area contributed by atoms with E-state index in [2.05, 4.69) is 5.32 Å². The van der Waals surface area contributed by atoms with E-state index >= 15 is 0 Å². The maximum absolute atomic E-state index is 11.4. The van der Waals surface area contributed by atoms with Crippen molar-refractivity contribution in [3.8, 4) is 0 Å². The Morgan fingerprint density at radius 3 is 2.62 bits per heavy atom. The van der Waals surface area contributed by atoms with Crippen molar-refractivity contribution in [1.82, 2.24) is 5.32 Å². The fourth-order valence-corrected chi connectivity index (χ4v) is 1.95. The lowest BCUT2D eigenvalue weighted by Crippen LogP contribution is -2.48. The quantitative estimate of drug-likeness (QED) is 0.723. The van der Waals surface area contributed by atoms with E-state index in [1.807, 2.05) is 13.8 Å². The molecule has 0 amide bonds. The Bertz CT molecular complexity index is 222. The standard InChI is InChI=1S/C12H23NO3/c1-12(2,11(14)15-3)13-7-4-10-5-8-16-9-6-10/h10,13H,4-9H2,1-3H3. The van der Waals surface area contributed by atoms with Crippen LogP contribution in [0.25, 0.3) is 0 Å². The summed E-state index contributed by atoms with van der Waals surface area (Å²) in [5.74, 6) is 0.522. The first-order valence-corrected chi connectivity index (χ1v) is 5.97. The van der Waals surface area contributed by atoms with Crippen molar-refractivity contribution in [3.05, 3.63) is 0 Å². The summed E-state index contributed by atoms with van der Waals surface area (Å²) in [6.07, 6.45) is 3.38. The van der Waals surface area contributed by atoms with Crippen LogP contribution in [0.15, 0.2) is 0 Å². The molecule has 0 atom stereocenters. The molecule has 16 heavy (non-hydrogen) atoms. The fraction of sp³-hybridized carbons (Fsp3) is 0.917. The number of hydrogen-bond acceptors (Lipinski definition) is 4. The van der Waals surface area contributed by atoms with Crippen LogP contribution < -0.4 is 5.32 Å². The van der Waals surface area contributed by atoms with Crippen LogP contribution in [0, 0.1) is 5.92 Å². The van der Waals surface area contributed by atoms with Gasteiger partial charge in [-0.1, -0.05) is 0 Å². The van der Waals surface area contributed by atoms with E-state index in [1.54, 1.807) is 0 Å². The Morgan fingerprint density at radius 1 is 1.44 bits per heavy atom. The summed E-state index contributed by atoms with van der Waals surface area (Å²) in [4.78, 5) is 11.4. The summed E-state index contributed by atoms with van der Waals surface area (Å²) in [5, 5.41) is 3.24. The number of carbonyl (C=O) groups is 1. The van der Waals surface area contributed by atoms with Crippen LogP contribution in [-0.2, 0) is 14.3 Å². The molecule has 0 radical (unpaired) electrons. The molecule has 4 nitrogen and oxygen atoms in total. The van der Waals surface area contributed by atoms with Crippen LogP contribution in [0.2, 0.25) is 0 Å². The predicted octanol–water partition coefficient (Wildman–Crippen LogP) is 1.34. The van der Waals surface area contributed by atoms with E-state index in [0.717, 1.165) is 44.9 Å². The van der Waals surface area contributed by atoms with E-state index < -0.39 is 5.54 Å². The first-order valence-electron chi connectivity index (χ1n) is 5.97. The second-order valence-corrected chi connectivity index (χ2v) is 4.89. The van der Waals surface area contributed by atoms with Crippen molar-refractivity contribution in [2.24, 2.45) is 5.92 Å². The zero-order chi connectivity index (χ0) is 12.0. The molecule has 4 heteroatoms. The molecule has 0 aromatic rings. The minimum Gasteiger partial charge on any atom is -0.468 e. The van der Waals surface area contributed by atoms with Gasteiger partial charge in [0.2, 0.25) is 0 Å². The molecule has 1 N–H and O–H groups in total. The molecule has 1 heterocycles. The molecule has 1 saturated heterocycles. The Hall–Kier alpha value is -0.610. The van der Waals surface area contributed by atoms with Gasteiger partial charge in [-0.2, -0.15) is 0 Å². The Morgan fingerprint density at radius 2 is 2.06 bits per heavy atom. The van der Waals surface area contributed by atoms with Crippen molar-refractivity contribution in [2.45, 2.75) is 38.6 Å². The van der Waals surface area contributed by atoms with E-state index in [9.17, 15) is 4.79 Å². The average Bonchev–Trinajstić information content (AvgIpc) is 2.29. The van der Waals surface area contributed by atoms with Gasteiger partial charge in [0.05, 0.1) is 7.11 Å². The number of esters is 1. The minimum absolute atomic E-state index is 0.209.